The van der Waals surface area contributed by atoms with Crippen LogP contribution in [0.15, 0.2) is 42.5 Å². The van der Waals surface area contributed by atoms with Crippen molar-refractivity contribution in [2.75, 3.05) is 37.9 Å². The molecule has 2 saturated heterocycles. The van der Waals surface area contributed by atoms with Gasteiger partial charge in [0.15, 0.2) is 0 Å². The summed E-state index contributed by atoms with van der Waals surface area (Å²) in [7, 11) is 0. The Morgan fingerprint density at radius 3 is 2.60 bits per heavy atom. The molecule has 2 amide bonds. The van der Waals surface area contributed by atoms with Gasteiger partial charge in [0.2, 0.25) is 6.41 Å². The number of benzene rings is 2. The Kier molecular flexibility index (Phi) is 6.77. The van der Waals surface area contributed by atoms with E-state index < -0.39 is 0 Å². The van der Waals surface area contributed by atoms with Crippen molar-refractivity contribution in [3.05, 3.63) is 59.2 Å². The molecule has 8 heteroatoms. The molecular weight excluding hydrogens is 446 g/mol. The average Bonchev–Trinajstić information content (AvgIpc) is 3.16. The van der Waals surface area contributed by atoms with Gasteiger partial charge in [-0.05, 0) is 87.0 Å². The number of hydroxylamine groups is 1. The number of nitrogens with one attached hydrogen (secondary N) is 2. The summed E-state index contributed by atoms with van der Waals surface area (Å²) in [5, 5.41) is 16.8. The monoisotopic (exact) mass is 479 g/mol. The van der Waals surface area contributed by atoms with E-state index in [0.717, 1.165) is 88.4 Å². The van der Waals surface area contributed by atoms with Crippen LogP contribution >= 0.6 is 0 Å². The molecule has 0 bridgehead atoms. The van der Waals surface area contributed by atoms with E-state index in [1.165, 1.54) is 10.6 Å². The molecule has 0 aromatic heterocycles. The van der Waals surface area contributed by atoms with Gasteiger partial charge in [0.25, 0.3) is 5.91 Å². The molecule has 4 aliphatic rings. The smallest absolute Gasteiger partial charge is 0.257 e. The van der Waals surface area contributed by atoms with Gasteiger partial charge in [-0.1, -0.05) is 18.2 Å². The second-order valence-corrected chi connectivity index (χ2v) is 9.92. The normalized spacial score (nSPS) is 21.2. The number of rotatable bonds is 2. The third-order valence-corrected chi connectivity index (χ3v) is 7.86. The average molecular weight is 480 g/mol. The van der Waals surface area contributed by atoms with Crippen LogP contribution in [-0.2, 0) is 21.4 Å². The van der Waals surface area contributed by atoms with Crippen molar-refractivity contribution in [3.63, 3.8) is 0 Å². The third-order valence-electron chi connectivity index (χ3n) is 7.86. The van der Waals surface area contributed by atoms with Crippen molar-refractivity contribution in [2.24, 2.45) is 0 Å². The van der Waals surface area contributed by atoms with Gasteiger partial charge in [-0.3, -0.25) is 25.2 Å². The minimum absolute atomic E-state index is 0.0369. The molecule has 0 unspecified atom stereocenters. The largest absolute Gasteiger partial charge is 0.487 e. The first-order valence-corrected chi connectivity index (χ1v) is 12.5. The van der Waals surface area contributed by atoms with Crippen molar-refractivity contribution < 1.29 is 24.3 Å². The SMILES string of the molecule is O=CNC(=O)c1ccc2c(c1)CCC1(CCNCC1)O2.ON1CC2(CCOCC2)c2ccccc21. The van der Waals surface area contributed by atoms with E-state index in [1.807, 2.05) is 24.3 Å². The number of piperidine rings is 1. The fourth-order valence-electron chi connectivity index (χ4n) is 5.83. The Labute approximate surface area is 205 Å². The summed E-state index contributed by atoms with van der Waals surface area (Å²) >= 11 is 0. The second kappa shape index (κ2) is 9.97. The molecule has 2 spiro atoms. The number of fused-ring (bicyclic) bond motifs is 3. The molecule has 4 heterocycles. The van der Waals surface area contributed by atoms with Crippen LogP contribution in [0.25, 0.3) is 0 Å². The number of amides is 2. The highest BCUT2D eigenvalue weighted by Gasteiger charge is 2.43. The van der Waals surface area contributed by atoms with Gasteiger partial charge in [0.05, 0.1) is 12.2 Å². The lowest BCUT2D eigenvalue weighted by molar-refractivity contribution is -0.108. The maximum absolute atomic E-state index is 11.6. The number of ether oxygens (including phenoxy) is 2. The zero-order valence-corrected chi connectivity index (χ0v) is 19.9. The first-order valence-electron chi connectivity index (χ1n) is 12.5. The molecule has 6 rings (SSSR count). The summed E-state index contributed by atoms with van der Waals surface area (Å²) in [4.78, 5) is 22.0. The van der Waals surface area contributed by atoms with Crippen molar-refractivity contribution in [3.8, 4) is 5.75 Å². The third kappa shape index (κ3) is 4.78. The Morgan fingerprint density at radius 2 is 1.83 bits per heavy atom. The predicted octanol–water partition coefficient (Wildman–Crippen LogP) is 2.96. The molecule has 0 saturated carbocycles. The Bertz CT molecular complexity index is 1080. The summed E-state index contributed by atoms with van der Waals surface area (Å²) in [5.41, 5.74) is 3.90. The molecule has 0 aliphatic carbocycles. The number of carbonyl (C=O) groups is 2. The lowest BCUT2D eigenvalue weighted by atomic mass is 9.76. The fraction of sp³-hybridized carbons (Fsp3) is 0.481. The number of para-hydroxylation sites is 1. The van der Waals surface area contributed by atoms with Gasteiger partial charge in [-0.25, -0.2) is 0 Å². The number of nitrogens with zero attached hydrogens (tertiary/aromatic N) is 1. The summed E-state index contributed by atoms with van der Waals surface area (Å²) in [6.07, 6.45) is 6.39. The van der Waals surface area contributed by atoms with E-state index in [4.69, 9.17) is 9.47 Å². The van der Waals surface area contributed by atoms with Gasteiger partial charge < -0.3 is 14.8 Å². The number of hydrogen-bond acceptors (Lipinski definition) is 7. The number of imide groups is 1. The van der Waals surface area contributed by atoms with Crippen LogP contribution in [0.2, 0.25) is 0 Å². The van der Waals surface area contributed by atoms with Gasteiger partial charge >= 0.3 is 0 Å². The first kappa shape index (κ1) is 23.8. The summed E-state index contributed by atoms with van der Waals surface area (Å²) in [5.74, 6) is 0.505. The highest BCUT2D eigenvalue weighted by Crippen LogP contribution is 2.45. The number of hydrogen-bond donors (Lipinski definition) is 3. The molecule has 8 nitrogen and oxygen atoms in total. The first-order chi connectivity index (χ1) is 17.0. The summed E-state index contributed by atoms with van der Waals surface area (Å²) in [6, 6.07) is 13.5. The molecule has 3 N–H and O–H groups in total. The van der Waals surface area contributed by atoms with Crippen LogP contribution in [0.4, 0.5) is 5.69 Å². The highest BCUT2D eigenvalue weighted by molar-refractivity contribution is 6.00. The topological polar surface area (TPSA) is 100 Å². The predicted molar refractivity (Wildman–Crippen MR) is 131 cm³/mol. The van der Waals surface area contributed by atoms with E-state index in [-0.39, 0.29) is 16.9 Å². The van der Waals surface area contributed by atoms with E-state index in [0.29, 0.717) is 12.0 Å². The maximum Gasteiger partial charge on any atom is 0.257 e. The molecule has 4 aliphatic heterocycles. The van der Waals surface area contributed by atoms with Crippen molar-refractivity contribution in [1.29, 1.82) is 0 Å². The van der Waals surface area contributed by atoms with E-state index in [9.17, 15) is 14.8 Å². The van der Waals surface area contributed by atoms with Crippen LogP contribution < -0.4 is 20.4 Å². The quantitative estimate of drug-likeness (QED) is 0.570. The van der Waals surface area contributed by atoms with Gasteiger partial charge in [-0.2, -0.15) is 0 Å². The van der Waals surface area contributed by atoms with Gasteiger partial charge in [0.1, 0.15) is 11.4 Å². The van der Waals surface area contributed by atoms with Crippen molar-refractivity contribution >= 4 is 18.0 Å². The van der Waals surface area contributed by atoms with Crippen LogP contribution in [-0.4, -0.2) is 56.0 Å². The van der Waals surface area contributed by atoms with Crippen LogP contribution in [0, 0.1) is 0 Å². The van der Waals surface area contributed by atoms with E-state index in [2.05, 4.69) is 22.8 Å². The van der Waals surface area contributed by atoms with Crippen molar-refractivity contribution in [1.82, 2.24) is 10.6 Å². The van der Waals surface area contributed by atoms with Crippen LogP contribution in [0.1, 0.15) is 53.6 Å². The standard InChI is InChI=1S/C15H18N2O3.C12H15NO2/c18-10-17-14(19)12-1-2-13-11(9-12)3-4-15(20-13)5-7-16-8-6-15;14-13-9-12(5-7-15-8-6-12)10-3-1-2-4-11(10)13/h1-2,9-10,16H,3-8H2,(H,17,18,19);1-4,14H,5-9H2. The number of aryl methyl sites for hydroxylation is 1. The lowest BCUT2D eigenvalue weighted by Crippen LogP contribution is -2.48. The Hall–Kier alpha value is -2.94. The van der Waals surface area contributed by atoms with E-state index in [1.54, 1.807) is 6.07 Å². The van der Waals surface area contributed by atoms with Crippen molar-refractivity contribution in [2.45, 2.75) is 49.5 Å². The molecule has 2 aromatic rings. The Morgan fingerprint density at radius 1 is 1.06 bits per heavy atom. The lowest BCUT2D eigenvalue weighted by Gasteiger charge is -2.41. The number of anilines is 1. The molecule has 2 fully saturated rings. The molecular formula is C27H33N3O5. The molecule has 186 valence electrons. The number of carbonyl (C=O) groups excluding carboxylic acids is 2. The highest BCUT2D eigenvalue weighted by atomic mass is 16.5. The minimum atomic E-state index is -0.370. The zero-order chi connectivity index (χ0) is 24.3. The zero-order valence-electron chi connectivity index (χ0n) is 19.9. The molecule has 2 aromatic carbocycles. The van der Waals surface area contributed by atoms with Gasteiger partial charge in [0, 0.05) is 24.2 Å². The molecule has 0 atom stereocenters. The summed E-state index contributed by atoms with van der Waals surface area (Å²) < 4.78 is 11.6. The van der Waals surface area contributed by atoms with Gasteiger partial charge in [-0.15, -0.1) is 0 Å². The van der Waals surface area contributed by atoms with Crippen LogP contribution in [0.3, 0.4) is 0 Å². The Balaban J connectivity index is 0.000000151. The summed E-state index contributed by atoms with van der Waals surface area (Å²) in [6.45, 7) is 4.32. The van der Waals surface area contributed by atoms with Crippen LogP contribution in [0.5, 0.6) is 5.75 Å². The maximum atomic E-state index is 11.6. The minimum Gasteiger partial charge on any atom is -0.487 e. The van der Waals surface area contributed by atoms with E-state index >= 15 is 0 Å². The second-order valence-electron chi connectivity index (χ2n) is 9.92. The molecule has 0 radical (unpaired) electrons. The molecule has 35 heavy (non-hydrogen) atoms. The fourth-order valence-corrected chi connectivity index (χ4v) is 5.83.